The van der Waals surface area contributed by atoms with E-state index in [9.17, 15) is 4.79 Å². The molecule has 0 aliphatic heterocycles. The fourth-order valence-corrected chi connectivity index (χ4v) is 3.55. The van der Waals surface area contributed by atoms with Crippen LogP contribution in [0, 0.1) is 11.3 Å². The minimum atomic E-state index is 0.389. The lowest BCUT2D eigenvalue weighted by atomic mass is 9.73. The van der Waals surface area contributed by atoms with Crippen molar-refractivity contribution in [1.82, 2.24) is 0 Å². The minimum absolute atomic E-state index is 0.389. The Balaban J connectivity index is 2.09. The summed E-state index contributed by atoms with van der Waals surface area (Å²) in [6.07, 6.45) is 9.47. The van der Waals surface area contributed by atoms with Crippen molar-refractivity contribution in [1.29, 1.82) is 0 Å². The van der Waals surface area contributed by atoms with E-state index in [0.717, 1.165) is 12.3 Å². The highest BCUT2D eigenvalue weighted by atomic mass is 16.1. The Labute approximate surface area is 72.8 Å². The Kier molecular flexibility index (Phi) is 1.15. The molecule has 0 aromatic rings. The first kappa shape index (κ1) is 6.88. The first-order valence-corrected chi connectivity index (χ1v) is 5.05. The molecule has 0 radical (unpaired) electrons. The molecule has 0 N–H and O–H groups in total. The van der Waals surface area contributed by atoms with Gasteiger partial charge in [0.1, 0.15) is 0 Å². The lowest BCUT2D eigenvalue weighted by Gasteiger charge is -2.31. The van der Waals surface area contributed by atoms with E-state index in [1.165, 1.54) is 32.1 Å². The predicted octanol–water partition coefficient (Wildman–Crippen LogP) is 2.47. The molecule has 0 aromatic carbocycles. The summed E-state index contributed by atoms with van der Waals surface area (Å²) in [6.45, 7) is 0. The van der Waals surface area contributed by atoms with Crippen LogP contribution in [-0.2, 0) is 4.79 Å². The van der Waals surface area contributed by atoms with Crippen LogP contribution < -0.4 is 0 Å². The summed E-state index contributed by atoms with van der Waals surface area (Å²) < 4.78 is 0. The Morgan fingerprint density at radius 3 is 3.08 bits per heavy atom. The van der Waals surface area contributed by atoms with E-state index in [1.807, 2.05) is 6.08 Å². The summed E-state index contributed by atoms with van der Waals surface area (Å²) in [5, 5.41) is 0. The molecule has 0 spiro atoms. The van der Waals surface area contributed by atoms with E-state index in [0.29, 0.717) is 11.2 Å². The summed E-state index contributed by atoms with van der Waals surface area (Å²) in [4.78, 5) is 11.3. The van der Waals surface area contributed by atoms with E-state index in [1.54, 1.807) is 5.57 Å². The smallest absolute Gasteiger partial charge is 0.156 e. The normalized spacial score (nSPS) is 44.5. The van der Waals surface area contributed by atoms with Gasteiger partial charge in [-0.2, -0.15) is 0 Å². The molecular weight excluding hydrogens is 148 g/mol. The van der Waals surface area contributed by atoms with Gasteiger partial charge in [0.15, 0.2) is 5.78 Å². The molecule has 2 saturated carbocycles. The SMILES string of the molecule is O=C1C=C2C3CCCC2(CC3)C1. The summed E-state index contributed by atoms with van der Waals surface area (Å²) >= 11 is 0. The van der Waals surface area contributed by atoms with Gasteiger partial charge in [-0.3, -0.25) is 4.79 Å². The van der Waals surface area contributed by atoms with Gasteiger partial charge in [-0.25, -0.2) is 0 Å². The quantitative estimate of drug-likeness (QED) is 0.534. The number of carbonyl (C=O) groups excluding carboxylic acids is 1. The van der Waals surface area contributed by atoms with Crippen molar-refractivity contribution in [2.75, 3.05) is 0 Å². The van der Waals surface area contributed by atoms with E-state index in [2.05, 4.69) is 0 Å². The average Bonchev–Trinajstić information content (AvgIpc) is 2.40. The number of carbonyl (C=O) groups is 1. The molecule has 2 bridgehead atoms. The molecule has 1 nitrogen and oxygen atoms in total. The molecule has 0 saturated heterocycles. The molecular formula is C11H14O. The molecule has 3 aliphatic rings. The van der Waals surface area contributed by atoms with Crippen LogP contribution in [0.1, 0.15) is 38.5 Å². The van der Waals surface area contributed by atoms with Gasteiger partial charge in [-0.15, -0.1) is 0 Å². The van der Waals surface area contributed by atoms with Gasteiger partial charge < -0.3 is 0 Å². The zero-order chi connectivity index (χ0) is 8.18. The second-order valence-corrected chi connectivity index (χ2v) is 4.65. The van der Waals surface area contributed by atoms with Crippen molar-refractivity contribution in [3.63, 3.8) is 0 Å². The lowest BCUT2D eigenvalue weighted by molar-refractivity contribution is -0.115. The molecule has 1 heteroatoms. The molecule has 2 atom stereocenters. The van der Waals surface area contributed by atoms with Gasteiger partial charge in [-0.05, 0) is 43.1 Å². The Morgan fingerprint density at radius 2 is 2.25 bits per heavy atom. The standard InChI is InChI=1S/C11H14O/c12-9-6-10-8-2-1-4-11(10,7-9)5-3-8/h6,8H,1-5,7H2. The zero-order valence-electron chi connectivity index (χ0n) is 7.31. The minimum Gasteiger partial charge on any atom is -0.295 e. The van der Waals surface area contributed by atoms with Gasteiger partial charge in [0.05, 0.1) is 0 Å². The molecule has 64 valence electrons. The molecule has 3 rings (SSSR count). The van der Waals surface area contributed by atoms with Crippen LogP contribution in [0.2, 0.25) is 0 Å². The second kappa shape index (κ2) is 2.01. The molecule has 3 aliphatic carbocycles. The van der Waals surface area contributed by atoms with Crippen LogP contribution in [-0.4, -0.2) is 5.78 Å². The van der Waals surface area contributed by atoms with Gasteiger partial charge >= 0.3 is 0 Å². The maximum Gasteiger partial charge on any atom is 0.156 e. The van der Waals surface area contributed by atoms with Crippen molar-refractivity contribution in [3.05, 3.63) is 11.6 Å². The number of hydrogen-bond acceptors (Lipinski definition) is 1. The number of rotatable bonds is 0. The van der Waals surface area contributed by atoms with Crippen molar-refractivity contribution < 1.29 is 4.79 Å². The van der Waals surface area contributed by atoms with Crippen LogP contribution in [0.5, 0.6) is 0 Å². The van der Waals surface area contributed by atoms with Crippen molar-refractivity contribution >= 4 is 5.78 Å². The van der Waals surface area contributed by atoms with E-state index >= 15 is 0 Å². The highest BCUT2D eigenvalue weighted by Gasteiger charge is 2.50. The van der Waals surface area contributed by atoms with Crippen LogP contribution in [0.3, 0.4) is 0 Å². The maximum atomic E-state index is 11.3. The summed E-state index contributed by atoms with van der Waals surface area (Å²) in [5.74, 6) is 1.20. The Hall–Kier alpha value is -0.590. The van der Waals surface area contributed by atoms with E-state index < -0.39 is 0 Å². The summed E-state index contributed by atoms with van der Waals surface area (Å²) in [7, 11) is 0. The third-order valence-corrected chi connectivity index (χ3v) is 4.06. The van der Waals surface area contributed by atoms with E-state index in [4.69, 9.17) is 0 Å². The number of ketones is 1. The molecule has 2 fully saturated rings. The first-order valence-electron chi connectivity index (χ1n) is 5.05. The Morgan fingerprint density at radius 1 is 1.33 bits per heavy atom. The highest BCUT2D eigenvalue weighted by molar-refractivity contribution is 5.94. The van der Waals surface area contributed by atoms with Gasteiger partial charge in [-0.1, -0.05) is 12.0 Å². The van der Waals surface area contributed by atoms with Crippen LogP contribution in [0.15, 0.2) is 11.6 Å². The Bertz CT molecular complexity index is 273. The number of allylic oxidation sites excluding steroid dienone is 2. The van der Waals surface area contributed by atoms with Crippen LogP contribution in [0.4, 0.5) is 0 Å². The molecule has 2 unspecified atom stereocenters. The third-order valence-electron chi connectivity index (χ3n) is 4.06. The lowest BCUT2D eigenvalue weighted by Crippen LogP contribution is -2.21. The molecule has 0 heterocycles. The van der Waals surface area contributed by atoms with Gasteiger partial charge in [0.25, 0.3) is 0 Å². The fraction of sp³-hybridized carbons (Fsp3) is 0.727. The third kappa shape index (κ3) is 0.675. The van der Waals surface area contributed by atoms with Gasteiger partial charge in [0, 0.05) is 6.42 Å². The highest BCUT2D eigenvalue weighted by Crippen LogP contribution is 2.59. The summed E-state index contributed by atoms with van der Waals surface area (Å²) in [5.41, 5.74) is 1.93. The van der Waals surface area contributed by atoms with Crippen molar-refractivity contribution in [3.8, 4) is 0 Å². The first-order chi connectivity index (χ1) is 5.80. The van der Waals surface area contributed by atoms with Crippen molar-refractivity contribution in [2.45, 2.75) is 38.5 Å². The molecule has 0 aromatic heterocycles. The number of hydrogen-bond donors (Lipinski definition) is 0. The van der Waals surface area contributed by atoms with Crippen LogP contribution >= 0.6 is 0 Å². The average molecular weight is 162 g/mol. The van der Waals surface area contributed by atoms with Crippen LogP contribution in [0.25, 0.3) is 0 Å². The summed E-state index contributed by atoms with van der Waals surface area (Å²) in [6, 6.07) is 0. The topological polar surface area (TPSA) is 17.1 Å². The maximum absolute atomic E-state index is 11.3. The second-order valence-electron chi connectivity index (χ2n) is 4.65. The molecule has 12 heavy (non-hydrogen) atoms. The predicted molar refractivity (Wildman–Crippen MR) is 46.7 cm³/mol. The molecule has 0 amide bonds. The largest absolute Gasteiger partial charge is 0.295 e. The van der Waals surface area contributed by atoms with E-state index in [-0.39, 0.29) is 0 Å². The van der Waals surface area contributed by atoms with Gasteiger partial charge in [0.2, 0.25) is 0 Å². The van der Waals surface area contributed by atoms with Crippen molar-refractivity contribution in [2.24, 2.45) is 11.3 Å². The monoisotopic (exact) mass is 162 g/mol. The zero-order valence-corrected chi connectivity index (χ0v) is 7.31. The fourth-order valence-electron chi connectivity index (χ4n) is 3.55.